The number of amides is 1. The van der Waals surface area contributed by atoms with E-state index in [0.29, 0.717) is 34.6 Å². The molecule has 1 N–H and O–H groups in total. The van der Waals surface area contributed by atoms with Gasteiger partial charge in [0.05, 0.1) is 23.2 Å². The molecule has 1 amide bonds. The molecule has 5 rings (SSSR count). The van der Waals surface area contributed by atoms with Crippen LogP contribution in [0.3, 0.4) is 0 Å². The predicted octanol–water partition coefficient (Wildman–Crippen LogP) is 5.20. The zero-order chi connectivity index (χ0) is 25.6. The molecular formula is C30H32N4O3. The summed E-state index contributed by atoms with van der Waals surface area (Å²) < 4.78 is 7.53. The van der Waals surface area contributed by atoms with E-state index in [0.717, 1.165) is 24.4 Å². The van der Waals surface area contributed by atoms with Crippen molar-refractivity contribution in [2.75, 3.05) is 31.6 Å². The first-order valence-electron chi connectivity index (χ1n) is 12.9. The molecule has 0 aliphatic carbocycles. The van der Waals surface area contributed by atoms with Crippen molar-refractivity contribution in [3.05, 3.63) is 94.5 Å². The van der Waals surface area contributed by atoms with Crippen molar-refractivity contribution >= 4 is 22.5 Å². The predicted molar refractivity (Wildman–Crippen MR) is 147 cm³/mol. The molecule has 4 aromatic rings. The van der Waals surface area contributed by atoms with Crippen molar-refractivity contribution < 1.29 is 9.53 Å². The maximum atomic E-state index is 13.5. The van der Waals surface area contributed by atoms with Crippen molar-refractivity contribution in [2.45, 2.75) is 32.6 Å². The van der Waals surface area contributed by atoms with Crippen LogP contribution in [0.25, 0.3) is 16.6 Å². The molecule has 3 aromatic carbocycles. The monoisotopic (exact) mass is 496 g/mol. The van der Waals surface area contributed by atoms with Gasteiger partial charge in [0, 0.05) is 17.8 Å². The third-order valence-corrected chi connectivity index (χ3v) is 6.76. The fraction of sp³-hybridized carbons (Fsp3) is 0.300. The third kappa shape index (κ3) is 5.89. The molecule has 37 heavy (non-hydrogen) atoms. The molecule has 2 heterocycles. The van der Waals surface area contributed by atoms with Crippen molar-refractivity contribution in [2.24, 2.45) is 0 Å². The lowest BCUT2D eigenvalue weighted by Gasteiger charge is -2.26. The second kappa shape index (κ2) is 11.4. The Balaban J connectivity index is 1.30. The van der Waals surface area contributed by atoms with Crippen LogP contribution in [-0.4, -0.2) is 46.6 Å². The number of hydrogen-bond donors (Lipinski definition) is 1. The van der Waals surface area contributed by atoms with E-state index in [1.807, 2.05) is 49.4 Å². The Bertz CT molecular complexity index is 1430. The van der Waals surface area contributed by atoms with Gasteiger partial charge in [-0.3, -0.25) is 14.2 Å². The molecule has 190 valence electrons. The van der Waals surface area contributed by atoms with Crippen LogP contribution in [0.15, 0.2) is 77.6 Å². The number of likely N-dealkylation sites (tertiary alicyclic amines) is 1. The Morgan fingerprint density at radius 2 is 1.73 bits per heavy atom. The molecule has 1 fully saturated rings. The maximum absolute atomic E-state index is 13.5. The summed E-state index contributed by atoms with van der Waals surface area (Å²) in [5.41, 5.74) is 2.22. The van der Waals surface area contributed by atoms with Gasteiger partial charge in [-0.2, -0.15) is 0 Å². The number of carbonyl (C=O) groups excluding carboxylic acids is 1. The number of benzene rings is 3. The van der Waals surface area contributed by atoms with Gasteiger partial charge in [-0.25, -0.2) is 4.98 Å². The zero-order valence-electron chi connectivity index (χ0n) is 21.2. The number of hydrogen-bond acceptors (Lipinski definition) is 5. The summed E-state index contributed by atoms with van der Waals surface area (Å²) in [6.07, 6.45) is 4.95. The van der Waals surface area contributed by atoms with Gasteiger partial charge in [-0.15, -0.1) is 0 Å². The molecule has 1 aromatic heterocycles. The molecule has 0 atom stereocenters. The van der Waals surface area contributed by atoms with Crippen LogP contribution in [0.4, 0.5) is 5.69 Å². The molecule has 7 heteroatoms. The number of nitrogens with one attached hydrogen (secondary N) is 1. The number of piperidine rings is 1. The lowest BCUT2D eigenvalue weighted by atomic mass is 10.1. The van der Waals surface area contributed by atoms with Gasteiger partial charge >= 0.3 is 0 Å². The van der Waals surface area contributed by atoms with E-state index >= 15 is 0 Å². The molecule has 0 bridgehead atoms. The number of fused-ring (bicyclic) bond motifs is 1. The number of aromatic nitrogens is 2. The van der Waals surface area contributed by atoms with Crippen molar-refractivity contribution in [3.63, 3.8) is 0 Å². The molecule has 0 unspecified atom stereocenters. The van der Waals surface area contributed by atoms with E-state index in [4.69, 9.17) is 4.74 Å². The Morgan fingerprint density at radius 1 is 0.973 bits per heavy atom. The number of anilines is 1. The minimum absolute atomic E-state index is 0.187. The normalized spacial score (nSPS) is 14.0. The second-order valence-corrected chi connectivity index (χ2v) is 9.45. The minimum atomic E-state index is -0.230. The van der Waals surface area contributed by atoms with Crippen molar-refractivity contribution in [1.82, 2.24) is 14.5 Å². The highest BCUT2D eigenvalue weighted by atomic mass is 16.5. The summed E-state index contributed by atoms with van der Waals surface area (Å²) in [7, 11) is 0. The van der Waals surface area contributed by atoms with Crippen LogP contribution in [0.2, 0.25) is 0 Å². The Hall–Kier alpha value is -3.97. The summed E-state index contributed by atoms with van der Waals surface area (Å²) in [4.78, 5) is 33.2. The van der Waals surface area contributed by atoms with Crippen LogP contribution in [-0.2, 0) is 0 Å². The average molecular weight is 497 g/mol. The number of nitrogens with zero attached hydrogens (tertiary/aromatic N) is 3. The van der Waals surface area contributed by atoms with Crippen LogP contribution in [0, 0.1) is 6.92 Å². The number of carbonyl (C=O) groups is 1. The highest BCUT2D eigenvalue weighted by Gasteiger charge is 2.13. The quantitative estimate of drug-likeness (QED) is 0.339. The van der Waals surface area contributed by atoms with Crippen LogP contribution >= 0.6 is 0 Å². The van der Waals surface area contributed by atoms with Crippen LogP contribution in [0.1, 0.15) is 41.9 Å². The average Bonchev–Trinajstić information content (AvgIpc) is 2.93. The second-order valence-electron chi connectivity index (χ2n) is 9.45. The summed E-state index contributed by atoms with van der Waals surface area (Å²) in [6, 6.07) is 21.7. The fourth-order valence-electron chi connectivity index (χ4n) is 4.82. The first-order valence-corrected chi connectivity index (χ1v) is 12.9. The van der Waals surface area contributed by atoms with E-state index in [9.17, 15) is 9.59 Å². The van der Waals surface area contributed by atoms with E-state index < -0.39 is 0 Å². The number of aryl methyl sites for hydroxylation is 1. The standard InChI is InChI=1S/C30H32N4O3/c1-22-31-28-16-11-24(32-29(35)23-9-4-2-5-10-23)21-27(28)30(36)34(22)25-12-14-26(15-13-25)37-20-8-19-33-17-6-3-7-18-33/h2,4-5,9-16,21H,3,6-8,17-20H2,1H3,(H,32,35). The van der Waals surface area contributed by atoms with Crippen molar-refractivity contribution in [1.29, 1.82) is 0 Å². The summed E-state index contributed by atoms with van der Waals surface area (Å²) in [5, 5.41) is 3.31. The number of rotatable bonds is 8. The molecule has 1 aliphatic heterocycles. The Labute approximate surface area is 216 Å². The van der Waals surface area contributed by atoms with E-state index in [1.165, 1.54) is 32.4 Å². The van der Waals surface area contributed by atoms with Gasteiger partial charge in [0.25, 0.3) is 11.5 Å². The lowest BCUT2D eigenvalue weighted by molar-refractivity contribution is 0.102. The third-order valence-electron chi connectivity index (χ3n) is 6.76. The first-order chi connectivity index (χ1) is 18.1. The fourth-order valence-corrected chi connectivity index (χ4v) is 4.82. The summed E-state index contributed by atoms with van der Waals surface area (Å²) in [5.74, 6) is 1.15. The van der Waals surface area contributed by atoms with E-state index in [1.54, 1.807) is 34.9 Å². The topological polar surface area (TPSA) is 76.5 Å². The van der Waals surface area contributed by atoms with Gasteiger partial charge in [-0.05, 0) is 93.9 Å². The molecule has 1 aliphatic rings. The molecule has 1 saturated heterocycles. The van der Waals surface area contributed by atoms with E-state index in [-0.39, 0.29) is 11.5 Å². The van der Waals surface area contributed by atoms with Crippen molar-refractivity contribution in [3.8, 4) is 11.4 Å². The molecule has 0 saturated carbocycles. The summed E-state index contributed by atoms with van der Waals surface area (Å²) >= 11 is 0. The Morgan fingerprint density at radius 3 is 2.49 bits per heavy atom. The zero-order valence-corrected chi connectivity index (χ0v) is 21.2. The Kier molecular flexibility index (Phi) is 7.61. The molecule has 0 spiro atoms. The molecule has 7 nitrogen and oxygen atoms in total. The lowest BCUT2D eigenvalue weighted by Crippen LogP contribution is -2.31. The van der Waals surface area contributed by atoms with Crippen LogP contribution in [0.5, 0.6) is 5.75 Å². The van der Waals surface area contributed by atoms with Gasteiger partial charge in [0.2, 0.25) is 0 Å². The van der Waals surface area contributed by atoms with Gasteiger partial charge < -0.3 is 15.0 Å². The number of ether oxygens (including phenoxy) is 1. The SMILES string of the molecule is Cc1nc2ccc(NC(=O)c3ccccc3)cc2c(=O)n1-c1ccc(OCCCN2CCCCC2)cc1. The minimum Gasteiger partial charge on any atom is -0.494 e. The smallest absolute Gasteiger partial charge is 0.266 e. The first kappa shape index (κ1) is 24.7. The van der Waals surface area contributed by atoms with Gasteiger partial charge in [-0.1, -0.05) is 24.6 Å². The highest BCUT2D eigenvalue weighted by molar-refractivity contribution is 6.05. The van der Waals surface area contributed by atoms with Gasteiger partial charge in [0.1, 0.15) is 11.6 Å². The van der Waals surface area contributed by atoms with Crippen LogP contribution < -0.4 is 15.6 Å². The largest absolute Gasteiger partial charge is 0.494 e. The van der Waals surface area contributed by atoms with E-state index in [2.05, 4.69) is 15.2 Å². The summed E-state index contributed by atoms with van der Waals surface area (Å²) in [6.45, 7) is 5.96. The molecule has 0 radical (unpaired) electrons. The maximum Gasteiger partial charge on any atom is 0.266 e. The highest BCUT2D eigenvalue weighted by Crippen LogP contribution is 2.20. The molecular weight excluding hydrogens is 464 g/mol. The van der Waals surface area contributed by atoms with Gasteiger partial charge in [0.15, 0.2) is 0 Å².